The molecule has 0 unspecified atom stereocenters. The van der Waals surface area contributed by atoms with Crippen molar-refractivity contribution in [2.24, 2.45) is 0 Å². The quantitative estimate of drug-likeness (QED) is 0.691. The van der Waals surface area contributed by atoms with Crippen LogP contribution in [0, 0.1) is 6.92 Å². The number of hydrogen-bond donors (Lipinski definition) is 0. The van der Waals surface area contributed by atoms with Crippen LogP contribution in [0.3, 0.4) is 0 Å². The lowest BCUT2D eigenvalue weighted by molar-refractivity contribution is 0.398. The van der Waals surface area contributed by atoms with Crippen LogP contribution < -0.4 is 0 Å². The minimum absolute atomic E-state index is 0.808. The zero-order valence-electron chi connectivity index (χ0n) is 8.51. The summed E-state index contributed by atoms with van der Waals surface area (Å²) in [5, 5.41) is 11.0. The normalized spacial score (nSPS) is 10.8. The second-order valence-electron chi connectivity index (χ2n) is 3.35. The van der Waals surface area contributed by atoms with Gasteiger partial charge in [0.1, 0.15) is 10.8 Å². The summed E-state index contributed by atoms with van der Waals surface area (Å²) in [4.78, 5) is 4.58. The van der Waals surface area contributed by atoms with Gasteiger partial charge in [0.05, 0.1) is 17.5 Å². The molecule has 0 aliphatic carbocycles. The van der Waals surface area contributed by atoms with E-state index in [0.717, 1.165) is 22.0 Å². The van der Waals surface area contributed by atoms with Crippen LogP contribution in [0.25, 0.3) is 21.8 Å². The van der Waals surface area contributed by atoms with Crippen molar-refractivity contribution in [3.8, 4) is 21.8 Å². The molecule has 0 bridgehead atoms. The Morgan fingerprint density at radius 1 is 1.31 bits per heavy atom. The first-order valence-electron chi connectivity index (χ1n) is 4.74. The molecule has 0 amide bonds. The van der Waals surface area contributed by atoms with Crippen LogP contribution in [0.15, 0.2) is 32.9 Å². The number of rotatable bonds is 2. The van der Waals surface area contributed by atoms with Gasteiger partial charge in [-0.15, -0.1) is 11.3 Å². The molecule has 3 heterocycles. The number of thiazole rings is 1. The van der Waals surface area contributed by atoms with Gasteiger partial charge in [0.15, 0.2) is 0 Å². The molecule has 0 aliphatic heterocycles. The predicted octanol–water partition coefficient (Wildman–Crippen LogP) is 3.84. The molecule has 16 heavy (non-hydrogen) atoms. The maximum absolute atomic E-state index is 5.04. The lowest BCUT2D eigenvalue weighted by Crippen LogP contribution is -1.77. The van der Waals surface area contributed by atoms with E-state index in [1.807, 2.05) is 12.3 Å². The van der Waals surface area contributed by atoms with Gasteiger partial charge in [-0.1, -0.05) is 5.16 Å². The summed E-state index contributed by atoms with van der Waals surface area (Å²) >= 11 is 3.32. The molecule has 0 saturated carbocycles. The molecule has 3 nitrogen and oxygen atoms in total. The highest BCUT2D eigenvalue weighted by atomic mass is 32.1. The molecule has 3 aromatic rings. The molecule has 3 rings (SSSR count). The molecule has 0 N–H and O–H groups in total. The summed E-state index contributed by atoms with van der Waals surface area (Å²) < 4.78 is 5.04. The smallest absolute Gasteiger partial charge is 0.143 e. The Morgan fingerprint density at radius 2 is 2.25 bits per heavy atom. The van der Waals surface area contributed by atoms with E-state index in [9.17, 15) is 0 Å². The maximum Gasteiger partial charge on any atom is 0.143 e. The minimum atomic E-state index is 0.808. The fourth-order valence-electron chi connectivity index (χ4n) is 1.46. The number of hydrogen-bond acceptors (Lipinski definition) is 5. The van der Waals surface area contributed by atoms with Crippen molar-refractivity contribution >= 4 is 22.7 Å². The van der Waals surface area contributed by atoms with Crippen LogP contribution in [0.1, 0.15) is 5.76 Å². The Morgan fingerprint density at radius 3 is 2.94 bits per heavy atom. The lowest BCUT2D eigenvalue weighted by atomic mass is 10.2. The summed E-state index contributed by atoms with van der Waals surface area (Å²) in [6.07, 6.45) is 1.71. The Balaban J connectivity index is 2.03. The van der Waals surface area contributed by atoms with Gasteiger partial charge in [0, 0.05) is 16.3 Å². The van der Waals surface area contributed by atoms with E-state index in [-0.39, 0.29) is 0 Å². The van der Waals surface area contributed by atoms with Crippen molar-refractivity contribution in [3.63, 3.8) is 0 Å². The Kier molecular flexibility index (Phi) is 2.34. The maximum atomic E-state index is 5.04. The third-order valence-electron chi connectivity index (χ3n) is 2.30. The molecular formula is C11H8N2OS2. The monoisotopic (exact) mass is 248 g/mol. The first kappa shape index (κ1) is 9.74. The van der Waals surface area contributed by atoms with E-state index in [4.69, 9.17) is 4.52 Å². The third-order valence-corrected chi connectivity index (χ3v) is 3.87. The lowest BCUT2D eigenvalue weighted by Gasteiger charge is -1.90. The van der Waals surface area contributed by atoms with Crippen molar-refractivity contribution in [1.82, 2.24) is 10.1 Å². The van der Waals surface area contributed by atoms with E-state index < -0.39 is 0 Å². The van der Waals surface area contributed by atoms with E-state index in [1.165, 1.54) is 5.56 Å². The van der Waals surface area contributed by atoms with Gasteiger partial charge in [0.2, 0.25) is 0 Å². The van der Waals surface area contributed by atoms with Gasteiger partial charge in [-0.3, -0.25) is 0 Å². The first-order chi connectivity index (χ1) is 7.84. The summed E-state index contributed by atoms with van der Waals surface area (Å²) in [5.41, 5.74) is 3.08. The SMILES string of the molecule is Cc1oncc1-c1csc(-c2ccsc2)n1. The van der Waals surface area contributed by atoms with Gasteiger partial charge in [0.25, 0.3) is 0 Å². The summed E-state index contributed by atoms with van der Waals surface area (Å²) in [7, 11) is 0. The predicted molar refractivity (Wildman–Crippen MR) is 65.7 cm³/mol. The van der Waals surface area contributed by atoms with Crippen molar-refractivity contribution in [1.29, 1.82) is 0 Å². The molecule has 0 aromatic carbocycles. The van der Waals surface area contributed by atoms with Crippen molar-refractivity contribution in [2.45, 2.75) is 6.92 Å². The fourth-order valence-corrected chi connectivity index (χ4v) is 2.99. The first-order valence-corrected chi connectivity index (χ1v) is 6.56. The molecule has 0 saturated heterocycles. The molecular weight excluding hydrogens is 240 g/mol. The van der Waals surface area contributed by atoms with E-state index in [1.54, 1.807) is 28.9 Å². The second-order valence-corrected chi connectivity index (χ2v) is 4.98. The topological polar surface area (TPSA) is 38.9 Å². The van der Waals surface area contributed by atoms with E-state index in [2.05, 4.69) is 27.0 Å². The molecule has 3 aromatic heterocycles. The highest BCUT2D eigenvalue weighted by Gasteiger charge is 2.11. The number of thiophene rings is 1. The Labute approximate surface area is 100 Å². The average molecular weight is 248 g/mol. The van der Waals surface area contributed by atoms with E-state index in [0.29, 0.717) is 0 Å². The Bertz CT molecular complexity index is 595. The van der Waals surface area contributed by atoms with Gasteiger partial charge in [-0.2, -0.15) is 11.3 Å². The zero-order chi connectivity index (χ0) is 11.0. The molecule has 5 heteroatoms. The van der Waals surface area contributed by atoms with Crippen LogP contribution in [0.4, 0.5) is 0 Å². The van der Waals surface area contributed by atoms with Crippen molar-refractivity contribution < 1.29 is 4.52 Å². The van der Waals surface area contributed by atoms with Crippen molar-refractivity contribution in [2.75, 3.05) is 0 Å². The second kappa shape index (κ2) is 3.84. The van der Waals surface area contributed by atoms with Crippen LogP contribution >= 0.6 is 22.7 Å². The molecule has 0 atom stereocenters. The standard InChI is InChI=1S/C11H8N2OS2/c1-7-9(4-12-14-7)10-6-16-11(13-10)8-2-3-15-5-8/h2-6H,1H3. The molecule has 0 fully saturated rings. The van der Waals surface area contributed by atoms with Gasteiger partial charge in [-0.25, -0.2) is 4.98 Å². The average Bonchev–Trinajstić information content (AvgIpc) is 2.96. The highest BCUT2D eigenvalue weighted by molar-refractivity contribution is 7.14. The van der Waals surface area contributed by atoms with Crippen LogP contribution in [0.2, 0.25) is 0 Å². The van der Waals surface area contributed by atoms with Crippen LogP contribution in [-0.4, -0.2) is 10.1 Å². The van der Waals surface area contributed by atoms with Crippen LogP contribution in [0.5, 0.6) is 0 Å². The number of nitrogens with zero attached hydrogens (tertiary/aromatic N) is 2. The summed E-state index contributed by atoms with van der Waals surface area (Å²) in [6, 6.07) is 2.08. The van der Waals surface area contributed by atoms with Crippen molar-refractivity contribution in [3.05, 3.63) is 34.2 Å². The summed E-state index contributed by atoms with van der Waals surface area (Å²) in [6.45, 7) is 1.89. The third kappa shape index (κ3) is 1.58. The molecule has 0 spiro atoms. The molecule has 0 radical (unpaired) electrons. The number of aromatic nitrogens is 2. The fraction of sp³-hybridized carbons (Fsp3) is 0.0909. The minimum Gasteiger partial charge on any atom is -0.361 e. The van der Waals surface area contributed by atoms with Crippen LogP contribution in [-0.2, 0) is 0 Å². The summed E-state index contributed by atoms with van der Waals surface area (Å²) in [5.74, 6) is 0.808. The zero-order valence-corrected chi connectivity index (χ0v) is 10.1. The Hall–Kier alpha value is -1.46. The number of aryl methyl sites for hydroxylation is 1. The van der Waals surface area contributed by atoms with Gasteiger partial charge < -0.3 is 4.52 Å². The molecule has 80 valence electrons. The van der Waals surface area contributed by atoms with Gasteiger partial charge >= 0.3 is 0 Å². The highest BCUT2D eigenvalue weighted by Crippen LogP contribution is 2.31. The largest absolute Gasteiger partial charge is 0.361 e. The molecule has 0 aliphatic rings. The van der Waals surface area contributed by atoms with E-state index >= 15 is 0 Å². The van der Waals surface area contributed by atoms with Gasteiger partial charge in [-0.05, 0) is 18.4 Å².